The maximum absolute atomic E-state index is 13.3. The number of halogens is 2. The number of rotatable bonds is 5. The summed E-state index contributed by atoms with van der Waals surface area (Å²) in [5, 5.41) is 2.63. The van der Waals surface area contributed by atoms with Gasteiger partial charge in [0.15, 0.2) is 11.6 Å². The first-order valence-corrected chi connectivity index (χ1v) is 9.44. The van der Waals surface area contributed by atoms with Crippen molar-refractivity contribution in [2.45, 2.75) is 25.8 Å². The van der Waals surface area contributed by atoms with Gasteiger partial charge in [-0.3, -0.25) is 19.4 Å². The van der Waals surface area contributed by atoms with E-state index in [2.05, 4.69) is 10.2 Å². The largest absolute Gasteiger partial charge is 0.342 e. The molecule has 0 aromatic heterocycles. The van der Waals surface area contributed by atoms with Crippen molar-refractivity contribution in [3.63, 3.8) is 0 Å². The number of amides is 2. The molecule has 1 aromatic carbocycles. The summed E-state index contributed by atoms with van der Waals surface area (Å²) in [6.07, 6.45) is 2.17. The number of hydrogen-bond donors (Lipinski definition) is 1. The standard InChI is InChI=1S/C19H26F2N4O2/c1-14(19(27)22-15-4-5-16(20)17(21)12-15)24-10-8-23(9-11-24)13-18(26)25-6-2-3-7-25/h4-5,12,14H,2-3,6-11,13H2,1H3,(H,22,27)/t14-/m0/s1. The Kier molecular flexibility index (Phi) is 6.38. The van der Waals surface area contributed by atoms with Crippen LogP contribution in [0.4, 0.5) is 14.5 Å². The van der Waals surface area contributed by atoms with Gasteiger partial charge in [-0.05, 0) is 31.9 Å². The van der Waals surface area contributed by atoms with Gasteiger partial charge in [-0.2, -0.15) is 0 Å². The van der Waals surface area contributed by atoms with Gasteiger partial charge in [0.2, 0.25) is 11.8 Å². The lowest BCUT2D eigenvalue weighted by Gasteiger charge is -2.37. The van der Waals surface area contributed by atoms with Crippen LogP contribution in [0.3, 0.4) is 0 Å². The third-order valence-corrected chi connectivity index (χ3v) is 5.34. The SMILES string of the molecule is C[C@@H](C(=O)Nc1ccc(F)c(F)c1)N1CCN(CC(=O)N2CCCC2)CC1. The predicted octanol–water partition coefficient (Wildman–Crippen LogP) is 1.53. The summed E-state index contributed by atoms with van der Waals surface area (Å²) in [6.45, 7) is 6.76. The molecule has 1 atom stereocenters. The average molecular weight is 380 g/mol. The number of nitrogens with one attached hydrogen (secondary N) is 1. The summed E-state index contributed by atoms with van der Waals surface area (Å²) in [7, 11) is 0. The van der Waals surface area contributed by atoms with Gasteiger partial charge in [0.05, 0.1) is 12.6 Å². The summed E-state index contributed by atoms with van der Waals surface area (Å²) in [5.74, 6) is -2.01. The molecule has 0 spiro atoms. The van der Waals surface area contributed by atoms with Crippen molar-refractivity contribution in [2.75, 3.05) is 51.1 Å². The lowest BCUT2D eigenvalue weighted by atomic mass is 10.2. The molecule has 27 heavy (non-hydrogen) atoms. The number of likely N-dealkylation sites (tertiary alicyclic amines) is 1. The van der Waals surface area contributed by atoms with Crippen LogP contribution in [-0.2, 0) is 9.59 Å². The molecule has 2 fully saturated rings. The van der Waals surface area contributed by atoms with Crippen molar-refractivity contribution in [3.05, 3.63) is 29.8 Å². The van der Waals surface area contributed by atoms with E-state index in [0.717, 1.165) is 51.2 Å². The normalized spacial score (nSPS) is 19.9. The quantitative estimate of drug-likeness (QED) is 0.842. The molecule has 2 heterocycles. The molecule has 2 amide bonds. The van der Waals surface area contributed by atoms with Crippen molar-refractivity contribution in [1.82, 2.24) is 14.7 Å². The highest BCUT2D eigenvalue weighted by molar-refractivity contribution is 5.94. The molecule has 148 valence electrons. The fourth-order valence-corrected chi connectivity index (χ4v) is 3.55. The van der Waals surface area contributed by atoms with Gasteiger partial charge in [0.1, 0.15) is 0 Å². The van der Waals surface area contributed by atoms with Gasteiger partial charge in [-0.15, -0.1) is 0 Å². The number of hydrogen-bond acceptors (Lipinski definition) is 4. The lowest BCUT2D eigenvalue weighted by molar-refractivity contribution is -0.132. The second-order valence-electron chi connectivity index (χ2n) is 7.19. The molecule has 0 saturated carbocycles. The molecule has 2 saturated heterocycles. The summed E-state index contributed by atoms with van der Waals surface area (Å²) in [4.78, 5) is 30.7. The molecule has 6 nitrogen and oxygen atoms in total. The molecule has 2 aliphatic rings. The van der Waals surface area contributed by atoms with Crippen molar-refractivity contribution in [1.29, 1.82) is 0 Å². The maximum atomic E-state index is 13.3. The fraction of sp³-hybridized carbons (Fsp3) is 0.579. The van der Waals surface area contributed by atoms with Crippen LogP contribution in [0.15, 0.2) is 18.2 Å². The monoisotopic (exact) mass is 380 g/mol. The van der Waals surface area contributed by atoms with E-state index in [9.17, 15) is 18.4 Å². The van der Waals surface area contributed by atoms with Crippen molar-refractivity contribution < 1.29 is 18.4 Å². The maximum Gasteiger partial charge on any atom is 0.241 e. The minimum absolute atomic E-state index is 0.185. The Balaban J connectivity index is 1.45. The third kappa shape index (κ3) is 5.01. The van der Waals surface area contributed by atoms with E-state index >= 15 is 0 Å². The zero-order valence-electron chi connectivity index (χ0n) is 15.6. The first kappa shape index (κ1) is 19.7. The van der Waals surface area contributed by atoms with Crippen molar-refractivity contribution in [3.8, 4) is 0 Å². The smallest absolute Gasteiger partial charge is 0.241 e. The molecule has 2 aliphatic heterocycles. The number of carbonyl (C=O) groups is 2. The number of carbonyl (C=O) groups excluding carboxylic acids is 2. The van der Waals surface area contributed by atoms with Crippen LogP contribution in [0.1, 0.15) is 19.8 Å². The van der Waals surface area contributed by atoms with Crippen molar-refractivity contribution >= 4 is 17.5 Å². The number of piperazine rings is 1. The van der Waals surface area contributed by atoms with E-state index in [0.29, 0.717) is 19.6 Å². The number of benzene rings is 1. The summed E-state index contributed by atoms with van der Waals surface area (Å²) < 4.78 is 26.3. The van der Waals surface area contributed by atoms with Crippen LogP contribution in [0.2, 0.25) is 0 Å². The second-order valence-corrected chi connectivity index (χ2v) is 7.19. The highest BCUT2D eigenvalue weighted by atomic mass is 19.2. The Labute approximate surface area is 158 Å². The Bertz CT molecular complexity index is 686. The first-order valence-electron chi connectivity index (χ1n) is 9.44. The molecule has 3 rings (SSSR count). The topological polar surface area (TPSA) is 55.9 Å². The van der Waals surface area contributed by atoms with Gasteiger partial charge < -0.3 is 10.2 Å². The Morgan fingerprint density at radius 3 is 2.33 bits per heavy atom. The molecule has 8 heteroatoms. The van der Waals surface area contributed by atoms with Gasteiger partial charge in [-0.1, -0.05) is 0 Å². The van der Waals surface area contributed by atoms with Gasteiger partial charge in [0.25, 0.3) is 0 Å². The van der Waals surface area contributed by atoms with E-state index in [1.54, 1.807) is 6.92 Å². The van der Waals surface area contributed by atoms with Crippen LogP contribution in [0.5, 0.6) is 0 Å². The highest BCUT2D eigenvalue weighted by Crippen LogP contribution is 2.15. The zero-order chi connectivity index (χ0) is 19.4. The van der Waals surface area contributed by atoms with Crippen LogP contribution in [0.25, 0.3) is 0 Å². The predicted molar refractivity (Wildman–Crippen MR) is 98.3 cm³/mol. The molecule has 0 radical (unpaired) electrons. The van der Waals surface area contributed by atoms with Crippen LogP contribution >= 0.6 is 0 Å². The van der Waals surface area contributed by atoms with Crippen LogP contribution in [0, 0.1) is 11.6 Å². The summed E-state index contributed by atoms with van der Waals surface area (Å²) in [5.41, 5.74) is 0.237. The van der Waals surface area contributed by atoms with Gasteiger partial charge in [0, 0.05) is 51.0 Å². The third-order valence-electron chi connectivity index (χ3n) is 5.34. The minimum atomic E-state index is -0.989. The molecule has 0 bridgehead atoms. The van der Waals surface area contributed by atoms with Crippen LogP contribution in [-0.4, -0.2) is 78.4 Å². The summed E-state index contributed by atoms with van der Waals surface area (Å²) in [6, 6.07) is 2.91. The Hall–Kier alpha value is -2.06. The van der Waals surface area contributed by atoms with E-state index in [1.807, 2.05) is 9.80 Å². The van der Waals surface area contributed by atoms with E-state index in [1.165, 1.54) is 6.07 Å². The average Bonchev–Trinajstić information content (AvgIpc) is 3.20. The number of anilines is 1. The lowest BCUT2D eigenvalue weighted by Crippen LogP contribution is -2.54. The van der Waals surface area contributed by atoms with E-state index in [-0.39, 0.29) is 17.5 Å². The molecule has 1 aromatic rings. The molecule has 0 aliphatic carbocycles. The zero-order valence-corrected chi connectivity index (χ0v) is 15.6. The van der Waals surface area contributed by atoms with Crippen LogP contribution < -0.4 is 5.32 Å². The van der Waals surface area contributed by atoms with Crippen molar-refractivity contribution in [2.24, 2.45) is 0 Å². The van der Waals surface area contributed by atoms with E-state index in [4.69, 9.17) is 0 Å². The molecule has 1 N–H and O–H groups in total. The van der Waals surface area contributed by atoms with E-state index < -0.39 is 17.7 Å². The first-order chi connectivity index (χ1) is 12.9. The molecule has 0 unspecified atom stereocenters. The second kappa shape index (κ2) is 8.75. The summed E-state index contributed by atoms with van der Waals surface area (Å²) >= 11 is 0. The Morgan fingerprint density at radius 1 is 1.04 bits per heavy atom. The molecular weight excluding hydrogens is 354 g/mol. The highest BCUT2D eigenvalue weighted by Gasteiger charge is 2.28. The van der Waals surface area contributed by atoms with Gasteiger partial charge in [-0.25, -0.2) is 8.78 Å². The van der Waals surface area contributed by atoms with Gasteiger partial charge >= 0.3 is 0 Å². The minimum Gasteiger partial charge on any atom is -0.342 e. The fourth-order valence-electron chi connectivity index (χ4n) is 3.55. The number of nitrogens with zero attached hydrogens (tertiary/aromatic N) is 3. The Morgan fingerprint density at radius 2 is 1.70 bits per heavy atom. The molecular formula is C19H26F2N4O2.